The third-order valence-corrected chi connectivity index (χ3v) is 19.1. The van der Waals surface area contributed by atoms with Gasteiger partial charge in [-0.1, -0.05) is 45.2 Å². The van der Waals surface area contributed by atoms with Crippen LogP contribution in [-0.4, -0.2) is 108 Å². The summed E-state index contributed by atoms with van der Waals surface area (Å²) in [7, 11) is 1.57. The molecular formula is C51H74N10O3S. The van der Waals surface area contributed by atoms with Gasteiger partial charge >= 0.3 is 0 Å². The van der Waals surface area contributed by atoms with Gasteiger partial charge in [-0.3, -0.25) is 19.6 Å². The Morgan fingerprint density at radius 1 is 0.877 bits per heavy atom. The van der Waals surface area contributed by atoms with Crippen molar-refractivity contribution in [2.45, 2.75) is 170 Å². The summed E-state index contributed by atoms with van der Waals surface area (Å²) in [4.78, 5) is 27.3. The fraction of sp³-hybridized carbons (Fsp3) is 0.706. The van der Waals surface area contributed by atoms with E-state index in [4.69, 9.17) is 14.5 Å². The molecule has 2 saturated carbocycles. The van der Waals surface area contributed by atoms with Gasteiger partial charge in [0.05, 0.1) is 48.2 Å². The summed E-state index contributed by atoms with van der Waals surface area (Å²) in [5.41, 5.74) is 19.1. The van der Waals surface area contributed by atoms with Crippen LogP contribution in [0.15, 0.2) is 47.5 Å². The molecule has 2 aliphatic carbocycles. The minimum Gasteiger partial charge on any atom is -0.495 e. The van der Waals surface area contributed by atoms with Crippen LogP contribution in [0.25, 0.3) is 0 Å². The van der Waals surface area contributed by atoms with E-state index in [1.165, 1.54) is 68.3 Å². The van der Waals surface area contributed by atoms with Crippen molar-refractivity contribution in [1.82, 2.24) is 36.8 Å². The molecule has 0 aromatic heterocycles. The lowest BCUT2D eigenvalue weighted by Gasteiger charge is -2.52. The Morgan fingerprint density at radius 3 is 2.42 bits per heavy atom. The fourth-order valence-corrected chi connectivity index (χ4v) is 15.8. The van der Waals surface area contributed by atoms with Crippen LogP contribution in [-0.2, 0) is 4.79 Å². The second kappa shape index (κ2) is 18.9. The molecule has 352 valence electrons. The molecule has 1 spiro atoms. The molecule has 7 fully saturated rings. The van der Waals surface area contributed by atoms with Crippen molar-refractivity contribution in [1.29, 1.82) is 5.26 Å². The van der Waals surface area contributed by atoms with Crippen molar-refractivity contribution < 1.29 is 14.3 Å². The second-order valence-electron chi connectivity index (χ2n) is 21.1. The van der Waals surface area contributed by atoms with Gasteiger partial charge in [0, 0.05) is 66.3 Å². The zero-order valence-electron chi connectivity index (χ0n) is 39.5. The molecule has 0 radical (unpaired) electrons. The molecule has 9 unspecified atom stereocenters. The highest BCUT2D eigenvalue weighted by Gasteiger charge is 2.64. The summed E-state index contributed by atoms with van der Waals surface area (Å²) >= 11 is 2.28. The fourth-order valence-electron chi connectivity index (χ4n) is 13.6. The van der Waals surface area contributed by atoms with Crippen LogP contribution in [0.5, 0.6) is 11.5 Å². The lowest BCUT2D eigenvalue weighted by Crippen LogP contribution is -2.62. The minimum atomic E-state index is -0.236. The van der Waals surface area contributed by atoms with Crippen molar-refractivity contribution >= 4 is 29.1 Å². The Kier molecular flexibility index (Phi) is 13.2. The first-order valence-corrected chi connectivity index (χ1v) is 26.2. The number of aliphatic imine (C=N–C) groups is 1. The van der Waals surface area contributed by atoms with Gasteiger partial charge in [-0.15, -0.1) is 11.8 Å². The maximum absolute atomic E-state index is 13.4. The Labute approximate surface area is 391 Å². The number of nitriles is 1. The number of amides is 1. The van der Waals surface area contributed by atoms with E-state index in [-0.39, 0.29) is 58.9 Å². The van der Waals surface area contributed by atoms with Crippen LogP contribution in [0.1, 0.15) is 129 Å². The number of fused-ring (bicyclic) bond motifs is 3. The molecule has 6 heterocycles. The summed E-state index contributed by atoms with van der Waals surface area (Å²) in [6.07, 6.45) is 16.4. The van der Waals surface area contributed by atoms with Crippen molar-refractivity contribution in [3.8, 4) is 17.6 Å². The van der Waals surface area contributed by atoms with Crippen LogP contribution in [0.3, 0.4) is 0 Å². The van der Waals surface area contributed by atoms with E-state index < -0.39 is 0 Å². The smallest absolute Gasteiger partial charge is 0.238 e. The molecule has 13 nitrogen and oxygen atoms in total. The molecule has 2 aromatic carbocycles. The van der Waals surface area contributed by atoms with Crippen molar-refractivity contribution in [2.24, 2.45) is 28.2 Å². The topological polar surface area (TPSA) is 142 Å². The number of benzene rings is 2. The number of likely N-dealkylation sites (tertiary alicyclic amines) is 1. The number of rotatable bonds is 9. The molecule has 6 aliphatic heterocycles. The van der Waals surface area contributed by atoms with Gasteiger partial charge in [0.15, 0.2) is 0 Å². The van der Waals surface area contributed by atoms with E-state index in [1.807, 2.05) is 6.07 Å². The second-order valence-corrected chi connectivity index (χ2v) is 22.8. The van der Waals surface area contributed by atoms with Gasteiger partial charge in [-0.25, -0.2) is 21.7 Å². The van der Waals surface area contributed by atoms with Crippen molar-refractivity contribution in [2.75, 3.05) is 38.2 Å². The first-order valence-electron chi connectivity index (χ1n) is 25.3. The van der Waals surface area contributed by atoms with Gasteiger partial charge in [-0.2, -0.15) is 5.26 Å². The van der Waals surface area contributed by atoms with Crippen LogP contribution in [0.4, 0.5) is 5.69 Å². The molecule has 1 amide bonds. The molecule has 5 N–H and O–H groups in total. The van der Waals surface area contributed by atoms with E-state index in [0.29, 0.717) is 40.1 Å². The quantitative estimate of drug-likeness (QED) is 0.179. The highest BCUT2D eigenvalue weighted by Crippen LogP contribution is 2.62. The average Bonchev–Trinajstić information content (AvgIpc) is 3.99. The van der Waals surface area contributed by atoms with E-state index in [2.05, 4.69) is 112 Å². The highest BCUT2D eigenvalue weighted by atomic mass is 32.2. The molecule has 0 bridgehead atoms. The van der Waals surface area contributed by atoms with Gasteiger partial charge in [0.25, 0.3) is 0 Å². The zero-order chi connectivity index (χ0) is 44.9. The monoisotopic (exact) mass is 907 g/mol. The Bertz CT molecular complexity index is 2080. The van der Waals surface area contributed by atoms with Crippen molar-refractivity contribution in [3.05, 3.63) is 53.6 Å². The molecule has 8 aliphatic rings. The number of thioether (sulfide) groups is 1. The van der Waals surface area contributed by atoms with Crippen LogP contribution >= 0.6 is 11.8 Å². The predicted molar refractivity (Wildman–Crippen MR) is 258 cm³/mol. The first-order chi connectivity index (χ1) is 31.6. The number of nitrogens with zero attached hydrogens (tertiary/aromatic N) is 5. The summed E-state index contributed by atoms with van der Waals surface area (Å²) < 4.78 is 11.6. The first kappa shape index (κ1) is 45.4. The van der Waals surface area contributed by atoms with Crippen LogP contribution < -0.4 is 41.4 Å². The SMILES string of the molecule is COc1cc(OC2CCC(NC(=O)C3CCC(N4CCC5(CCCN(c6ccc(C7=N[C@@H](C)C8NNC(C)N8C8(C9CCCCC9)SC(C)C(C)C78)cc6)C5)C4)NN3)CC2)ccc1C#N. The van der Waals surface area contributed by atoms with E-state index in [0.717, 1.165) is 64.7 Å². The number of nitrogens with one attached hydrogen (secondary N) is 5. The number of carbonyl (C=O) groups is 1. The average molecular weight is 907 g/mol. The molecule has 5 saturated heterocycles. The number of methoxy groups -OCH3 is 1. The normalized spacial score (nSPS) is 38.1. The molecule has 14 heteroatoms. The lowest BCUT2D eigenvalue weighted by molar-refractivity contribution is -0.125. The lowest BCUT2D eigenvalue weighted by atomic mass is 9.70. The number of hydrogen-bond donors (Lipinski definition) is 5. The third-order valence-electron chi connectivity index (χ3n) is 17.1. The Hall–Kier alpha value is -3.42. The van der Waals surface area contributed by atoms with E-state index in [1.54, 1.807) is 19.2 Å². The maximum atomic E-state index is 13.4. The van der Waals surface area contributed by atoms with Gasteiger partial charge in [0.1, 0.15) is 23.6 Å². The molecular weight excluding hydrogens is 833 g/mol. The number of carbonyl (C=O) groups excluding carboxylic acids is 1. The molecule has 2 aromatic rings. The maximum Gasteiger partial charge on any atom is 0.238 e. The number of anilines is 1. The number of ether oxygens (including phenoxy) is 2. The summed E-state index contributed by atoms with van der Waals surface area (Å²) in [5, 5.41) is 13.2. The standard InChI is InChI=1S/C51H74N10O3S/c1-32-34(3)65-51(38-10-7-6-8-11-38)46(32)47(53-33(2)48-58-55-35(4)61(48)51)36-12-17-40(18-13-36)59-26-9-24-50(30-59)25-27-60(31-50)45-23-22-43(56-57-45)49(62)54-39-15-20-41(21-16-39)64-42-19-14-37(29-52)44(28-42)63-5/h12-14,17-19,28,32-35,38-39,41,43,45-46,48,55-58H,6-11,15-16,20-27,30-31H2,1-5H3,(H,54,62)/t32?,33-,34?,35?,39?,41?,43?,45?,46?,48?,50?,51?/m0/s1. The third kappa shape index (κ3) is 8.70. The number of piperidine rings is 1. The van der Waals surface area contributed by atoms with E-state index >= 15 is 0 Å². The van der Waals surface area contributed by atoms with E-state index in [9.17, 15) is 10.1 Å². The van der Waals surface area contributed by atoms with Gasteiger partial charge < -0.3 is 19.7 Å². The number of hydrogen-bond acceptors (Lipinski definition) is 13. The van der Waals surface area contributed by atoms with Crippen molar-refractivity contribution in [3.63, 3.8) is 0 Å². The Balaban J connectivity index is 0.735. The molecule has 65 heavy (non-hydrogen) atoms. The Morgan fingerprint density at radius 2 is 1.68 bits per heavy atom. The summed E-state index contributed by atoms with van der Waals surface area (Å²) in [5.74, 6) is 2.90. The molecule has 10 rings (SSSR count). The van der Waals surface area contributed by atoms with Crippen LogP contribution in [0, 0.1) is 34.5 Å². The minimum absolute atomic E-state index is 0.0217. The van der Waals surface area contributed by atoms with Gasteiger partial charge in [-0.05, 0) is 126 Å². The predicted octanol–water partition coefficient (Wildman–Crippen LogP) is 6.89. The van der Waals surface area contributed by atoms with Gasteiger partial charge in [0.2, 0.25) is 5.91 Å². The summed E-state index contributed by atoms with van der Waals surface area (Å²) in [6.45, 7) is 14.0. The number of hydrazine groups is 2. The summed E-state index contributed by atoms with van der Waals surface area (Å²) in [6, 6.07) is 17.2. The molecule has 10 atom stereocenters. The highest BCUT2D eigenvalue weighted by molar-refractivity contribution is 8.01. The van der Waals surface area contributed by atoms with Crippen LogP contribution in [0.2, 0.25) is 0 Å². The largest absolute Gasteiger partial charge is 0.495 e. The zero-order valence-corrected chi connectivity index (χ0v) is 40.3.